The van der Waals surface area contributed by atoms with Crippen molar-refractivity contribution in [3.8, 4) is 0 Å². The highest BCUT2D eigenvalue weighted by Gasteiger charge is 2.51. The van der Waals surface area contributed by atoms with Crippen molar-refractivity contribution in [3.05, 3.63) is 52.4 Å². The molecule has 3 heterocycles. The van der Waals surface area contributed by atoms with Crippen LogP contribution >= 0.6 is 18.9 Å². The average molecular weight is 581 g/mol. The van der Waals surface area contributed by atoms with Crippen LogP contribution in [0.15, 0.2) is 57.4 Å². The fraction of sp³-hybridized carbons (Fsp3) is 0.375. The maximum absolute atomic E-state index is 14.2. The number of carbonyl (C=O) groups is 1. The number of nitrogens with zero attached hydrogens (tertiary/aromatic N) is 3. The Kier molecular flexibility index (Phi) is 7.45. The van der Waals surface area contributed by atoms with E-state index in [-0.39, 0.29) is 47.0 Å². The van der Waals surface area contributed by atoms with Gasteiger partial charge in [0.1, 0.15) is 6.54 Å². The predicted octanol–water partition coefficient (Wildman–Crippen LogP) is 4.40. The third-order valence-electron chi connectivity index (χ3n) is 5.81. The minimum Gasteiger partial charge on any atom is -0.505 e. The second-order valence-electron chi connectivity index (χ2n) is 10.2. The summed E-state index contributed by atoms with van der Waals surface area (Å²) in [6.45, 7) is 7.98. The predicted molar refractivity (Wildman–Crippen MR) is 151 cm³/mol. The van der Waals surface area contributed by atoms with Gasteiger partial charge in [0.05, 0.1) is 34.8 Å². The fourth-order valence-electron chi connectivity index (χ4n) is 3.98. The van der Waals surface area contributed by atoms with Gasteiger partial charge in [-0.05, 0) is 42.0 Å². The van der Waals surface area contributed by atoms with Crippen LogP contribution in [0.5, 0.6) is 0 Å². The molecule has 0 bridgehead atoms. The van der Waals surface area contributed by atoms with E-state index in [0.717, 1.165) is 12.3 Å². The normalized spacial score (nSPS) is 23.6. The van der Waals surface area contributed by atoms with Gasteiger partial charge in [-0.15, -0.1) is 16.1 Å². The van der Waals surface area contributed by atoms with Crippen LogP contribution in [0.1, 0.15) is 39.0 Å². The van der Waals surface area contributed by atoms with Crippen LogP contribution in [0.4, 0.5) is 11.4 Å². The SMILES string of the molecule is CCOP1(=O)N=C([N+]2(CCC(C)(C)C)N=C(c3cccs3)C(O)=CC2=O)Nc2ccc(NS(C)(=O)=O)cc21. The fourth-order valence-corrected chi connectivity index (χ4v) is 7.09. The Morgan fingerprint density at radius 1 is 1.26 bits per heavy atom. The first-order valence-corrected chi connectivity index (χ1v) is 16.2. The molecule has 14 heteroatoms. The van der Waals surface area contributed by atoms with E-state index in [2.05, 4.69) is 14.8 Å². The van der Waals surface area contributed by atoms with Crippen molar-refractivity contribution in [2.75, 3.05) is 29.4 Å². The van der Waals surface area contributed by atoms with Crippen LogP contribution in [0.3, 0.4) is 0 Å². The van der Waals surface area contributed by atoms with Crippen molar-refractivity contribution in [1.82, 2.24) is 0 Å². The quantitative estimate of drug-likeness (QED) is 0.325. The highest BCUT2D eigenvalue weighted by molar-refractivity contribution is 7.92. The second kappa shape index (κ2) is 10.0. The highest BCUT2D eigenvalue weighted by atomic mass is 32.2. The number of hydrogen-bond acceptors (Lipinski definition) is 9. The summed E-state index contributed by atoms with van der Waals surface area (Å²) in [7, 11) is -7.56. The molecule has 0 radical (unpaired) electrons. The van der Waals surface area contributed by atoms with E-state index in [1.165, 1.54) is 23.5 Å². The number of quaternary nitrogens is 1. The minimum atomic E-state index is -3.97. The Hall–Kier alpha value is -2.83. The summed E-state index contributed by atoms with van der Waals surface area (Å²) in [4.78, 5) is 14.3. The highest BCUT2D eigenvalue weighted by Crippen LogP contribution is 2.53. The molecule has 2 atom stereocenters. The van der Waals surface area contributed by atoms with Gasteiger partial charge in [-0.25, -0.2) is 13.2 Å². The Bertz CT molecular complexity index is 1510. The molecule has 1 aromatic carbocycles. The number of aliphatic hydroxyl groups excluding tert-OH is 1. The molecule has 1 amide bonds. The van der Waals surface area contributed by atoms with Gasteiger partial charge in [0.25, 0.3) is 0 Å². The van der Waals surface area contributed by atoms with Gasteiger partial charge >= 0.3 is 19.4 Å². The van der Waals surface area contributed by atoms with Crippen molar-refractivity contribution < 1.29 is 32.0 Å². The maximum atomic E-state index is 14.2. The van der Waals surface area contributed by atoms with Crippen LogP contribution in [-0.4, -0.2) is 55.1 Å². The zero-order valence-corrected chi connectivity index (χ0v) is 24.3. The zero-order valence-electron chi connectivity index (χ0n) is 21.8. The van der Waals surface area contributed by atoms with Crippen LogP contribution in [0.25, 0.3) is 0 Å². The number of nitrogens with one attached hydrogen (secondary N) is 2. The number of anilines is 2. The number of carbonyl (C=O) groups excluding carboxylic acids is 1. The van der Waals surface area contributed by atoms with Crippen LogP contribution in [-0.2, 0) is 23.9 Å². The van der Waals surface area contributed by atoms with Crippen molar-refractivity contribution in [1.29, 1.82) is 0 Å². The Morgan fingerprint density at radius 3 is 2.61 bits per heavy atom. The number of rotatable bonds is 7. The molecule has 0 fully saturated rings. The first-order chi connectivity index (χ1) is 17.7. The van der Waals surface area contributed by atoms with E-state index in [1.807, 2.05) is 32.2 Å². The summed E-state index contributed by atoms with van der Waals surface area (Å²) < 4.78 is 49.5. The number of aliphatic hydroxyl groups is 1. The minimum absolute atomic E-state index is 0.00911. The molecule has 1 aromatic heterocycles. The largest absolute Gasteiger partial charge is 0.505 e. The summed E-state index contributed by atoms with van der Waals surface area (Å²) in [6, 6.07) is 8.07. The third kappa shape index (κ3) is 5.76. The molecule has 2 unspecified atom stereocenters. The molecular weight excluding hydrogens is 549 g/mol. The van der Waals surface area contributed by atoms with Crippen LogP contribution in [0.2, 0.25) is 0 Å². The monoisotopic (exact) mass is 580 g/mol. The Balaban J connectivity index is 1.91. The van der Waals surface area contributed by atoms with Gasteiger partial charge in [0, 0.05) is 12.1 Å². The first-order valence-electron chi connectivity index (χ1n) is 11.9. The zero-order chi connectivity index (χ0) is 27.9. The second-order valence-corrected chi connectivity index (χ2v) is 14.9. The smallest absolute Gasteiger partial charge is 0.376 e. The molecule has 0 aliphatic carbocycles. The van der Waals surface area contributed by atoms with Gasteiger partial charge in [0.15, 0.2) is 11.5 Å². The molecule has 0 saturated carbocycles. The van der Waals surface area contributed by atoms with E-state index >= 15 is 0 Å². The summed E-state index contributed by atoms with van der Waals surface area (Å²) in [5.74, 6) is -0.825. The molecular formula is C24H31N5O6PS2+. The van der Waals surface area contributed by atoms with Crippen molar-refractivity contribution in [2.45, 2.75) is 34.1 Å². The lowest BCUT2D eigenvalue weighted by Gasteiger charge is -2.35. The van der Waals surface area contributed by atoms with Gasteiger partial charge in [0.2, 0.25) is 10.0 Å². The molecule has 3 N–H and O–H groups in total. The molecule has 0 spiro atoms. The number of sulfonamides is 1. The number of benzene rings is 1. The molecule has 2 aromatic rings. The average Bonchev–Trinajstić information content (AvgIpc) is 3.32. The lowest BCUT2D eigenvalue weighted by molar-refractivity contribution is -0.769. The summed E-state index contributed by atoms with van der Waals surface area (Å²) in [5, 5.41) is 20.5. The van der Waals surface area contributed by atoms with E-state index in [4.69, 9.17) is 9.63 Å². The maximum Gasteiger partial charge on any atom is 0.376 e. The number of amides is 1. The number of guanidine groups is 1. The molecule has 204 valence electrons. The Labute approximate surface area is 226 Å². The van der Waals surface area contributed by atoms with E-state index in [9.17, 15) is 22.9 Å². The van der Waals surface area contributed by atoms with Crippen molar-refractivity contribution in [2.24, 2.45) is 15.3 Å². The van der Waals surface area contributed by atoms with Crippen molar-refractivity contribution in [3.63, 3.8) is 0 Å². The van der Waals surface area contributed by atoms with E-state index in [1.54, 1.807) is 19.1 Å². The number of allylic oxidation sites excluding steroid dienone is 1. The lowest BCUT2D eigenvalue weighted by Crippen LogP contribution is -2.59. The standard InChI is InChI=1S/C24H30N5O6PS2/c1-6-35-36(32)19-14-16(28-38(5,33)34)9-10-17(19)25-23(27-36)29(12-11-24(2,3)4)21(31)15-18(30)22(26-29)20-8-7-13-37-20/h7-10,13-15H,6,11-12H2,1-5H3,(H2-,25,26,27,28,30,31,32)/p+1. The lowest BCUT2D eigenvalue weighted by atomic mass is 9.92. The molecule has 2 aliphatic heterocycles. The number of thiophene rings is 1. The molecule has 38 heavy (non-hydrogen) atoms. The van der Waals surface area contributed by atoms with E-state index in [0.29, 0.717) is 17.0 Å². The Morgan fingerprint density at radius 2 is 2.00 bits per heavy atom. The molecule has 4 rings (SSSR count). The first kappa shape index (κ1) is 28.2. The van der Waals surface area contributed by atoms with Gasteiger partial charge < -0.3 is 9.63 Å². The summed E-state index contributed by atoms with van der Waals surface area (Å²) in [6.07, 6.45) is 2.67. The van der Waals surface area contributed by atoms with Crippen LogP contribution < -0.4 is 15.3 Å². The van der Waals surface area contributed by atoms with Crippen molar-refractivity contribution >= 4 is 63.1 Å². The number of hydrogen-bond donors (Lipinski definition) is 3. The summed E-state index contributed by atoms with van der Waals surface area (Å²) >= 11 is 1.36. The summed E-state index contributed by atoms with van der Waals surface area (Å²) in [5.41, 5.74) is 0.584. The third-order valence-corrected chi connectivity index (χ3v) is 9.33. The van der Waals surface area contributed by atoms with Crippen LogP contribution in [0, 0.1) is 5.41 Å². The molecule has 0 saturated heterocycles. The molecule has 11 nitrogen and oxygen atoms in total. The number of fused-ring (bicyclic) bond motifs is 1. The van der Waals surface area contributed by atoms with Gasteiger partial charge in [-0.3, -0.25) is 14.6 Å². The van der Waals surface area contributed by atoms with E-state index < -0.39 is 28.0 Å². The molecule has 2 aliphatic rings. The topological polar surface area (TPSA) is 147 Å². The van der Waals surface area contributed by atoms with Gasteiger partial charge in [-0.1, -0.05) is 36.5 Å². The van der Waals surface area contributed by atoms with Gasteiger partial charge in [-0.2, -0.15) is 0 Å².